The maximum absolute atomic E-state index is 13.0. The second-order valence-electron chi connectivity index (χ2n) is 7.26. The summed E-state index contributed by atoms with van der Waals surface area (Å²) in [6.07, 6.45) is 0.794. The largest absolute Gasteiger partial charge is 0.492 e. The number of amides is 1. The predicted octanol–water partition coefficient (Wildman–Crippen LogP) is 1.42. The quantitative estimate of drug-likeness (QED) is 0.822. The number of benzene rings is 1. The van der Waals surface area contributed by atoms with E-state index in [0.717, 1.165) is 57.1 Å². The van der Waals surface area contributed by atoms with E-state index in [2.05, 4.69) is 22.8 Å². The molecule has 2 fully saturated rings. The summed E-state index contributed by atoms with van der Waals surface area (Å²) in [5, 5.41) is 0. The number of nitrogens with zero attached hydrogens (tertiary/aromatic N) is 2. The zero-order valence-electron chi connectivity index (χ0n) is 14.3. The zero-order chi connectivity index (χ0) is 16.5. The van der Waals surface area contributed by atoms with Crippen LogP contribution in [0.1, 0.15) is 12.5 Å². The monoisotopic (exact) mass is 330 g/mol. The van der Waals surface area contributed by atoms with Gasteiger partial charge in [0.15, 0.2) is 0 Å². The van der Waals surface area contributed by atoms with Gasteiger partial charge in [-0.2, -0.15) is 0 Å². The van der Waals surface area contributed by atoms with Gasteiger partial charge >= 0.3 is 0 Å². The Balaban J connectivity index is 1.40. The van der Waals surface area contributed by atoms with Crippen LogP contribution in [0, 0.1) is 11.8 Å². The van der Waals surface area contributed by atoms with Gasteiger partial charge in [-0.05, 0) is 24.0 Å². The normalized spacial score (nSPS) is 30.7. The average Bonchev–Trinajstić information content (AvgIpc) is 3.03. The van der Waals surface area contributed by atoms with Crippen LogP contribution in [-0.4, -0.2) is 67.7 Å². The molecular formula is C19H26N2O3. The first kappa shape index (κ1) is 15.9. The highest BCUT2D eigenvalue weighted by atomic mass is 16.5. The number of ether oxygens (including phenoxy) is 2. The van der Waals surface area contributed by atoms with E-state index in [9.17, 15) is 4.79 Å². The Morgan fingerprint density at radius 2 is 1.96 bits per heavy atom. The third kappa shape index (κ3) is 3.03. The van der Waals surface area contributed by atoms with Crippen LogP contribution in [0.3, 0.4) is 0 Å². The first-order chi connectivity index (χ1) is 11.7. The van der Waals surface area contributed by atoms with Crippen LogP contribution in [0.15, 0.2) is 24.3 Å². The molecule has 0 saturated carbocycles. The summed E-state index contributed by atoms with van der Waals surface area (Å²) in [4.78, 5) is 17.5. The Hall–Kier alpha value is -1.59. The van der Waals surface area contributed by atoms with Crippen molar-refractivity contribution >= 4 is 5.91 Å². The van der Waals surface area contributed by atoms with Crippen LogP contribution in [0.25, 0.3) is 0 Å². The van der Waals surface area contributed by atoms with Gasteiger partial charge in [-0.15, -0.1) is 0 Å². The Morgan fingerprint density at radius 3 is 2.79 bits per heavy atom. The van der Waals surface area contributed by atoms with Gasteiger partial charge in [-0.3, -0.25) is 9.69 Å². The summed E-state index contributed by atoms with van der Waals surface area (Å²) in [6.45, 7) is 8.06. The van der Waals surface area contributed by atoms with E-state index in [4.69, 9.17) is 9.47 Å². The molecule has 130 valence electrons. The molecule has 0 aliphatic carbocycles. The lowest BCUT2D eigenvalue weighted by Gasteiger charge is -2.34. The fraction of sp³-hybridized carbons (Fsp3) is 0.632. The Morgan fingerprint density at radius 1 is 1.17 bits per heavy atom. The number of morpholine rings is 1. The molecule has 1 aromatic rings. The van der Waals surface area contributed by atoms with Gasteiger partial charge in [0.25, 0.3) is 0 Å². The van der Waals surface area contributed by atoms with Crippen molar-refractivity contribution in [3.8, 4) is 5.75 Å². The molecule has 1 aromatic carbocycles. The molecule has 2 saturated heterocycles. The van der Waals surface area contributed by atoms with Crippen molar-refractivity contribution in [2.24, 2.45) is 11.8 Å². The van der Waals surface area contributed by atoms with Gasteiger partial charge in [0.2, 0.25) is 5.91 Å². The van der Waals surface area contributed by atoms with Crippen molar-refractivity contribution in [2.75, 3.05) is 46.0 Å². The summed E-state index contributed by atoms with van der Waals surface area (Å²) in [7, 11) is 0. The van der Waals surface area contributed by atoms with E-state index in [1.54, 1.807) is 0 Å². The Bertz CT molecular complexity index is 600. The number of likely N-dealkylation sites (tertiary alicyclic amines) is 1. The Kier molecular flexibility index (Phi) is 4.46. The van der Waals surface area contributed by atoms with Crippen LogP contribution in [-0.2, 0) is 16.0 Å². The third-order valence-corrected chi connectivity index (χ3v) is 5.63. The van der Waals surface area contributed by atoms with E-state index >= 15 is 0 Å². The molecule has 0 unspecified atom stereocenters. The minimum atomic E-state index is -0.0458. The summed E-state index contributed by atoms with van der Waals surface area (Å²) in [6, 6.07) is 8.52. The molecule has 0 aromatic heterocycles. The van der Waals surface area contributed by atoms with Crippen molar-refractivity contribution in [1.29, 1.82) is 0 Å². The molecule has 0 spiro atoms. The molecular weight excluding hydrogens is 304 g/mol. The fourth-order valence-corrected chi connectivity index (χ4v) is 4.26. The van der Waals surface area contributed by atoms with E-state index < -0.39 is 0 Å². The topological polar surface area (TPSA) is 42.0 Å². The molecule has 3 aliphatic heterocycles. The van der Waals surface area contributed by atoms with E-state index in [1.165, 1.54) is 0 Å². The minimum Gasteiger partial charge on any atom is -0.492 e. The van der Waals surface area contributed by atoms with Gasteiger partial charge in [0.05, 0.1) is 19.1 Å². The van der Waals surface area contributed by atoms with Crippen molar-refractivity contribution in [3.05, 3.63) is 29.8 Å². The van der Waals surface area contributed by atoms with Crippen molar-refractivity contribution in [3.63, 3.8) is 0 Å². The number of rotatable bonds is 2. The second kappa shape index (κ2) is 6.73. The second-order valence-corrected chi connectivity index (χ2v) is 7.26. The molecule has 5 nitrogen and oxygen atoms in total. The molecule has 3 atom stereocenters. The first-order valence-electron chi connectivity index (χ1n) is 9.03. The Labute approximate surface area is 143 Å². The molecule has 3 aliphatic rings. The molecule has 3 heterocycles. The van der Waals surface area contributed by atoms with Gasteiger partial charge < -0.3 is 14.4 Å². The van der Waals surface area contributed by atoms with Gasteiger partial charge in [-0.1, -0.05) is 25.1 Å². The number of hydrogen-bond acceptors (Lipinski definition) is 4. The van der Waals surface area contributed by atoms with Crippen LogP contribution >= 0.6 is 0 Å². The molecule has 0 radical (unpaired) electrons. The lowest BCUT2D eigenvalue weighted by Crippen LogP contribution is -2.47. The van der Waals surface area contributed by atoms with Crippen LogP contribution < -0.4 is 4.74 Å². The van der Waals surface area contributed by atoms with Crippen LogP contribution in [0.5, 0.6) is 5.75 Å². The van der Waals surface area contributed by atoms with Gasteiger partial charge in [0, 0.05) is 32.2 Å². The molecule has 0 bridgehead atoms. The number of fused-ring (bicyclic) bond motifs is 1. The van der Waals surface area contributed by atoms with E-state index in [0.29, 0.717) is 18.6 Å². The molecule has 0 N–H and O–H groups in total. The maximum atomic E-state index is 13.0. The van der Waals surface area contributed by atoms with Crippen LogP contribution in [0.4, 0.5) is 0 Å². The average molecular weight is 330 g/mol. The third-order valence-electron chi connectivity index (χ3n) is 5.63. The highest BCUT2D eigenvalue weighted by Gasteiger charge is 2.39. The van der Waals surface area contributed by atoms with Gasteiger partial charge in [-0.25, -0.2) is 0 Å². The van der Waals surface area contributed by atoms with Crippen molar-refractivity contribution in [1.82, 2.24) is 9.80 Å². The van der Waals surface area contributed by atoms with Crippen molar-refractivity contribution in [2.45, 2.75) is 19.4 Å². The van der Waals surface area contributed by atoms with Gasteiger partial charge in [0.1, 0.15) is 12.4 Å². The highest BCUT2D eigenvalue weighted by Crippen LogP contribution is 2.30. The van der Waals surface area contributed by atoms with E-state index in [-0.39, 0.29) is 11.8 Å². The van der Waals surface area contributed by atoms with E-state index in [1.807, 2.05) is 18.2 Å². The lowest BCUT2D eigenvalue weighted by molar-refractivity contribution is -0.136. The maximum Gasteiger partial charge on any atom is 0.229 e. The summed E-state index contributed by atoms with van der Waals surface area (Å²) < 4.78 is 11.3. The predicted molar refractivity (Wildman–Crippen MR) is 91.1 cm³/mol. The van der Waals surface area contributed by atoms with Crippen LogP contribution in [0.2, 0.25) is 0 Å². The fourth-order valence-electron chi connectivity index (χ4n) is 4.26. The SMILES string of the molecule is C[C@@H]1CN(C(=O)[C@@H]2COc3ccccc3C2)C[C@H]1N1CCOCC1. The highest BCUT2D eigenvalue weighted by molar-refractivity contribution is 5.80. The zero-order valence-corrected chi connectivity index (χ0v) is 14.3. The number of hydrogen-bond donors (Lipinski definition) is 0. The summed E-state index contributed by atoms with van der Waals surface area (Å²) in [5.41, 5.74) is 1.15. The smallest absolute Gasteiger partial charge is 0.229 e. The molecule has 1 amide bonds. The minimum absolute atomic E-state index is 0.0458. The molecule has 24 heavy (non-hydrogen) atoms. The molecule has 5 heteroatoms. The van der Waals surface area contributed by atoms with Crippen molar-refractivity contribution < 1.29 is 14.3 Å². The number of para-hydroxylation sites is 1. The lowest BCUT2D eigenvalue weighted by atomic mass is 9.95. The first-order valence-corrected chi connectivity index (χ1v) is 9.03. The summed E-state index contributed by atoms with van der Waals surface area (Å²) >= 11 is 0. The standard InChI is InChI=1S/C19H26N2O3/c1-14-11-21(12-17(14)20-6-8-23-9-7-20)19(22)16-10-15-4-2-3-5-18(15)24-13-16/h2-5,14,16-17H,6-13H2,1H3/t14-,16+,17-/m1/s1. The molecule has 4 rings (SSSR count). The number of carbonyl (C=O) groups is 1. The summed E-state index contributed by atoms with van der Waals surface area (Å²) in [5.74, 6) is 1.66. The number of carbonyl (C=O) groups excluding carboxylic acids is 1.